The molecule has 0 saturated carbocycles. The van der Waals surface area contributed by atoms with Crippen LogP contribution in [0.4, 0.5) is 0 Å². The molecule has 2 aromatic heterocycles. The van der Waals surface area contributed by atoms with E-state index in [1.807, 2.05) is 25.3 Å². The minimum absolute atomic E-state index is 0.355. The van der Waals surface area contributed by atoms with Crippen LogP contribution < -0.4 is 5.32 Å². The van der Waals surface area contributed by atoms with Crippen molar-refractivity contribution in [3.63, 3.8) is 0 Å². The van der Waals surface area contributed by atoms with Crippen LogP contribution in [0.1, 0.15) is 11.3 Å². The molecule has 0 unspecified atom stereocenters. The molecule has 1 N–H and O–H groups in total. The molecule has 2 aromatic rings. The number of hydrogen-bond acceptors (Lipinski definition) is 3. The Morgan fingerprint density at radius 1 is 1.29 bits per heavy atom. The molecule has 5 heteroatoms. The number of hydrogen-bond donors (Lipinski definition) is 1. The van der Waals surface area contributed by atoms with Gasteiger partial charge in [0.2, 0.25) is 0 Å². The quantitative estimate of drug-likeness (QED) is 0.729. The van der Waals surface area contributed by atoms with Crippen molar-refractivity contribution in [3.8, 4) is 0 Å². The standard InChI is InChI=1S/C12H9N3O2/c1-7-2-3-10-13-5-9(15(10)6-7)8-4-11(16)14-12(8)17/h2-6H,1H3,(H,14,16,17). The van der Waals surface area contributed by atoms with Crippen LogP contribution in [0.2, 0.25) is 0 Å². The molecule has 1 aliphatic heterocycles. The van der Waals surface area contributed by atoms with Crippen molar-refractivity contribution in [3.05, 3.63) is 41.9 Å². The molecule has 3 heterocycles. The van der Waals surface area contributed by atoms with Crippen LogP contribution in [-0.2, 0) is 9.59 Å². The molecule has 0 saturated heterocycles. The Labute approximate surface area is 96.8 Å². The van der Waals surface area contributed by atoms with Gasteiger partial charge >= 0.3 is 0 Å². The predicted molar refractivity (Wildman–Crippen MR) is 61.1 cm³/mol. The van der Waals surface area contributed by atoms with E-state index < -0.39 is 0 Å². The number of imidazole rings is 1. The van der Waals surface area contributed by atoms with Crippen LogP contribution in [0.3, 0.4) is 0 Å². The van der Waals surface area contributed by atoms with Crippen molar-refractivity contribution in [1.29, 1.82) is 0 Å². The summed E-state index contributed by atoms with van der Waals surface area (Å²) in [4.78, 5) is 26.9. The second-order valence-electron chi connectivity index (χ2n) is 3.95. The summed E-state index contributed by atoms with van der Waals surface area (Å²) in [6.45, 7) is 1.96. The number of pyridine rings is 1. The Morgan fingerprint density at radius 2 is 2.12 bits per heavy atom. The van der Waals surface area contributed by atoms with Crippen molar-refractivity contribution < 1.29 is 9.59 Å². The van der Waals surface area contributed by atoms with E-state index in [1.54, 1.807) is 10.6 Å². The number of amides is 2. The number of rotatable bonds is 1. The highest BCUT2D eigenvalue weighted by atomic mass is 16.2. The van der Waals surface area contributed by atoms with Crippen LogP contribution in [0.25, 0.3) is 11.2 Å². The molecular weight excluding hydrogens is 218 g/mol. The predicted octanol–water partition coefficient (Wildman–Crippen LogP) is 0.683. The summed E-state index contributed by atoms with van der Waals surface area (Å²) in [5, 5.41) is 2.22. The summed E-state index contributed by atoms with van der Waals surface area (Å²) in [7, 11) is 0. The molecule has 5 nitrogen and oxygen atoms in total. The van der Waals surface area contributed by atoms with Crippen LogP contribution in [0, 0.1) is 6.92 Å². The number of imide groups is 1. The van der Waals surface area contributed by atoms with Gasteiger partial charge in [-0.2, -0.15) is 0 Å². The zero-order valence-corrected chi connectivity index (χ0v) is 9.10. The summed E-state index contributed by atoms with van der Waals surface area (Å²) in [6, 6.07) is 3.81. The third-order valence-electron chi connectivity index (χ3n) is 2.69. The van der Waals surface area contributed by atoms with Crippen molar-refractivity contribution in [2.75, 3.05) is 0 Å². The number of carbonyl (C=O) groups is 2. The molecule has 0 spiro atoms. The molecule has 0 fully saturated rings. The maximum atomic E-state index is 11.6. The second-order valence-corrected chi connectivity index (χ2v) is 3.95. The van der Waals surface area contributed by atoms with Crippen LogP contribution in [0.15, 0.2) is 30.6 Å². The number of nitrogens with zero attached hydrogens (tertiary/aromatic N) is 2. The van der Waals surface area contributed by atoms with E-state index in [4.69, 9.17) is 0 Å². The lowest BCUT2D eigenvalue weighted by Gasteiger charge is -2.01. The van der Waals surface area contributed by atoms with Gasteiger partial charge in [0, 0.05) is 12.3 Å². The minimum Gasteiger partial charge on any atom is -0.299 e. The lowest BCUT2D eigenvalue weighted by Crippen LogP contribution is -2.22. The SMILES string of the molecule is Cc1ccc2ncc(C3=CC(=O)NC3=O)n2c1. The van der Waals surface area contributed by atoms with Gasteiger partial charge in [-0.25, -0.2) is 4.98 Å². The van der Waals surface area contributed by atoms with E-state index in [9.17, 15) is 9.59 Å². The molecule has 0 aliphatic carbocycles. The van der Waals surface area contributed by atoms with Gasteiger partial charge < -0.3 is 0 Å². The van der Waals surface area contributed by atoms with Gasteiger partial charge in [0.15, 0.2) is 0 Å². The van der Waals surface area contributed by atoms with Gasteiger partial charge in [0.1, 0.15) is 5.65 Å². The average molecular weight is 227 g/mol. The first-order valence-corrected chi connectivity index (χ1v) is 5.16. The molecule has 3 rings (SSSR count). The highest BCUT2D eigenvalue weighted by Gasteiger charge is 2.24. The molecule has 0 aromatic carbocycles. The van der Waals surface area contributed by atoms with Crippen molar-refractivity contribution in [2.45, 2.75) is 6.92 Å². The largest absolute Gasteiger partial charge is 0.299 e. The molecule has 0 bridgehead atoms. The fourth-order valence-corrected chi connectivity index (χ4v) is 1.89. The maximum Gasteiger partial charge on any atom is 0.260 e. The maximum absolute atomic E-state index is 11.6. The number of aromatic nitrogens is 2. The number of aryl methyl sites for hydroxylation is 1. The summed E-state index contributed by atoms with van der Waals surface area (Å²) >= 11 is 0. The highest BCUT2D eigenvalue weighted by molar-refractivity contribution is 6.33. The first-order valence-electron chi connectivity index (χ1n) is 5.16. The topological polar surface area (TPSA) is 63.5 Å². The van der Waals surface area contributed by atoms with Crippen molar-refractivity contribution >= 4 is 23.0 Å². The minimum atomic E-state index is -0.382. The lowest BCUT2D eigenvalue weighted by atomic mass is 10.2. The third kappa shape index (κ3) is 1.44. The van der Waals surface area contributed by atoms with Crippen molar-refractivity contribution in [2.24, 2.45) is 0 Å². The van der Waals surface area contributed by atoms with Gasteiger partial charge in [-0.05, 0) is 18.6 Å². The Balaban J connectivity index is 2.25. The zero-order valence-electron chi connectivity index (χ0n) is 9.10. The van der Waals surface area contributed by atoms with Crippen LogP contribution in [-0.4, -0.2) is 21.2 Å². The van der Waals surface area contributed by atoms with Gasteiger partial charge in [0.05, 0.1) is 17.5 Å². The molecule has 0 atom stereocenters. The van der Waals surface area contributed by atoms with E-state index in [1.165, 1.54) is 6.08 Å². The average Bonchev–Trinajstić information content (AvgIpc) is 2.81. The summed E-state index contributed by atoms with van der Waals surface area (Å²) < 4.78 is 1.80. The van der Waals surface area contributed by atoms with E-state index in [-0.39, 0.29) is 11.8 Å². The fraction of sp³-hybridized carbons (Fsp3) is 0.0833. The summed E-state index contributed by atoms with van der Waals surface area (Å²) in [5.41, 5.74) is 2.79. The lowest BCUT2D eigenvalue weighted by molar-refractivity contribution is -0.123. The highest BCUT2D eigenvalue weighted by Crippen LogP contribution is 2.19. The number of nitrogens with one attached hydrogen (secondary N) is 1. The van der Waals surface area contributed by atoms with E-state index in [0.717, 1.165) is 11.2 Å². The van der Waals surface area contributed by atoms with E-state index in [2.05, 4.69) is 10.3 Å². The molecule has 17 heavy (non-hydrogen) atoms. The molecule has 0 radical (unpaired) electrons. The van der Waals surface area contributed by atoms with Gasteiger partial charge in [-0.3, -0.25) is 19.3 Å². The van der Waals surface area contributed by atoms with E-state index >= 15 is 0 Å². The third-order valence-corrected chi connectivity index (χ3v) is 2.69. The second kappa shape index (κ2) is 3.28. The summed E-state index contributed by atoms with van der Waals surface area (Å²) in [6.07, 6.45) is 4.78. The molecule has 1 aliphatic rings. The first kappa shape index (κ1) is 9.77. The van der Waals surface area contributed by atoms with Crippen molar-refractivity contribution in [1.82, 2.24) is 14.7 Å². The number of fused-ring (bicyclic) bond motifs is 1. The first-order chi connectivity index (χ1) is 8.15. The Bertz CT molecular complexity index is 682. The summed E-state index contributed by atoms with van der Waals surface area (Å²) in [5.74, 6) is -0.758. The Kier molecular flexibility index (Phi) is 1.89. The van der Waals surface area contributed by atoms with Gasteiger partial charge in [-0.15, -0.1) is 0 Å². The normalized spacial score (nSPS) is 15.2. The molecular formula is C12H9N3O2. The Hall–Kier alpha value is -2.43. The number of carbonyl (C=O) groups excluding carboxylic acids is 2. The monoisotopic (exact) mass is 227 g/mol. The smallest absolute Gasteiger partial charge is 0.260 e. The van der Waals surface area contributed by atoms with Crippen LogP contribution in [0.5, 0.6) is 0 Å². The fourth-order valence-electron chi connectivity index (χ4n) is 1.89. The molecule has 2 amide bonds. The van der Waals surface area contributed by atoms with E-state index in [0.29, 0.717) is 11.3 Å². The Morgan fingerprint density at radius 3 is 2.82 bits per heavy atom. The molecule has 84 valence electrons. The van der Waals surface area contributed by atoms with Gasteiger partial charge in [0.25, 0.3) is 11.8 Å². The zero-order chi connectivity index (χ0) is 12.0. The van der Waals surface area contributed by atoms with Gasteiger partial charge in [-0.1, -0.05) is 6.07 Å². The van der Waals surface area contributed by atoms with Crippen LogP contribution >= 0.6 is 0 Å².